The molecular formula is C80H152F8O3. The lowest BCUT2D eigenvalue weighted by Crippen LogP contribution is -2.54. The molecule has 6 aliphatic carbocycles. The van der Waals surface area contributed by atoms with Crippen LogP contribution in [0.15, 0.2) is 0 Å². The predicted octanol–water partition coefficient (Wildman–Crippen LogP) is 27.4. The van der Waals surface area contributed by atoms with Crippen LogP contribution < -0.4 is 0 Å². The third-order valence-electron chi connectivity index (χ3n) is 27.9. The van der Waals surface area contributed by atoms with Gasteiger partial charge in [-0.2, -0.15) is 26.3 Å². The molecule has 91 heavy (non-hydrogen) atoms. The first-order chi connectivity index (χ1) is 41.5. The third kappa shape index (κ3) is 22.9. The normalized spacial score (nSPS) is 23.7. The summed E-state index contributed by atoms with van der Waals surface area (Å²) in [6.07, 6.45) is 13.7. The van der Waals surface area contributed by atoms with Crippen LogP contribution in [0, 0.1) is 114 Å². The summed E-state index contributed by atoms with van der Waals surface area (Å²) >= 11 is 0. The molecule has 6 aliphatic rings. The van der Waals surface area contributed by atoms with E-state index in [1.165, 1.54) is 109 Å². The molecule has 0 aromatic heterocycles. The molecule has 0 aliphatic heterocycles. The summed E-state index contributed by atoms with van der Waals surface area (Å²) < 4.78 is 121. The first kappa shape index (κ1) is 88.3. The minimum Gasteiger partial charge on any atom is -0.382 e. The molecule has 0 radical (unpaired) electrons. The van der Waals surface area contributed by atoms with Gasteiger partial charge in [0.05, 0.1) is 25.4 Å². The van der Waals surface area contributed by atoms with Gasteiger partial charge in [-0.25, -0.2) is 8.78 Å². The first-order valence-electron chi connectivity index (χ1n) is 37.7. The fourth-order valence-electron chi connectivity index (χ4n) is 19.4. The van der Waals surface area contributed by atoms with Gasteiger partial charge in [0.25, 0.3) is 0 Å². The molecule has 0 aromatic carbocycles. The maximum Gasteiger partial charge on any atom is 0.403 e. The van der Waals surface area contributed by atoms with E-state index in [-0.39, 0.29) is 42.9 Å². The van der Waals surface area contributed by atoms with E-state index in [0.29, 0.717) is 64.0 Å². The number of hydrogen-bond acceptors (Lipinski definition) is 3. The van der Waals surface area contributed by atoms with E-state index >= 15 is 0 Å². The summed E-state index contributed by atoms with van der Waals surface area (Å²) in [5, 5.41) is 0. The fourth-order valence-corrected chi connectivity index (χ4v) is 19.4. The molecule has 0 bridgehead atoms. The number of rotatable bonds is 17. The number of methoxy groups -OCH3 is 2. The van der Waals surface area contributed by atoms with Gasteiger partial charge in [0.1, 0.15) is 0 Å². The second-order valence-electron chi connectivity index (χ2n) is 35.4. The standard InChI is InChI=1S/C15H30O2.C14H22F6.C14H28.C13H26O.C12H22F2.C12H24/c1-12(2)15(13(3)4)8-6-14(7-9-15)17-11-10-16-5;1-9(2)11(10(3)4)5-7-12(8-6-11,13(15,16)17)14(18,19)20;1-11(2)14(12(3)4)9-7-13(5,6)8-10-14;1-10(2)13(11(3)4)8-6-12(14-5)7-9-13;1-9(2)11(10(3)4)5-7-12(13,14)8-6-11;1-10(2)12(11(3)4)8-6-5-7-9-12/h12-14H,6-11H2,1-5H3;9-10H,5-8H2,1-4H3;11-12H,7-10H2,1-6H3;10-12H,6-9H2,1-5H3;9-10H,5-8H2,1-4H3;10-11H,5-9H2,1-4H3. The van der Waals surface area contributed by atoms with Crippen molar-refractivity contribution in [3.63, 3.8) is 0 Å². The van der Waals surface area contributed by atoms with E-state index in [9.17, 15) is 35.1 Å². The average Bonchev–Trinajstić information content (AvgIpc) is 0.751. The van der Waals surface area contributed by atoms with Gasteiger partial charge in [-0.1, -0.05) is 199 Å². The Kier molecular flexibility index (Phi) is 35.9. The summed E-state index contributed by atoms with van der Waals surface area (Å²) in [6, 6.07) is 0. The molecule has 0 spiro atoms. The molecule has 0 unspecified atom stereocenters. The molecule has 6 rings (SSSR count). The SMILES string of the molecule is CC(C)C1(C(C)C)CCC(C(F)(F)F)(C(F)(F)F)CC1.CC(C)C1(C(C)C)CCC(C)(C)CC1.CC(C)C1(C(C)C)CCC(F)(F)CC1.CC(C)C1(C(C)C)CCCCC1.COC1CCC(C(C)C)(C(C)C)CC1.COCCOC1CCC(C(C)C)(C(C)C)CC1. The minimum absolute atomic E-state index is 0.0264. The highest BCUT2D eigenvalue weighted by atomic mass is 19.4. The lowest BCUT2D eigenvalue weighted by atomic mass is 9.55. The van der Waals surface area contributed by atoms with E-state index < -0.39 is 41.9 Å². The van der Waals surface area contributed by atoms with Gasteiger partial charge < -0.3 is 14.2 Å². The van der Waals surface area contributed by atoms with Crippen LogP contribution in [0.2, 0.25) is 0 Å². The van der Waals surface area contributed by atoms with Crippen molar-refractivity contribution in [3.05, 3.63) is 0 Å². The van der Waals surface area contributed by atoms with Crippen molar-refractivity contribution in [3.8, 4) is 0 Å². The maximum atomic E-state index is 13.1. The Morgan fingerprint density at radius 3 is 0.791 bits per heavy atom. The van der Waals surface area contributed by atoms with Gasteiger partial charge in [-0.3, -0.25) is 0 Å². The average molecular weight is 1310 g/mol. The van der Waals surface area contributed by atoms with E-state index in [1.54, 1.807) is 7.11 Å². The second-order valence-corrected chi connectivity index (χ2v) is 35.4. The molecular weight excluding hydrogens is 1160 g/mol. The quantitative estimate of drug-likeness (QED) is 0.107. The Bertz CT molecular complexity index is 1780. The lowest BCUT2D eigenvalue weighted by molar-refractivity contribution is -0.355. The summed E-state index contributed by atoms with van der Waals surface area (Å²) in [6.45, 7) is 60.9. The van der Waals surface area contributed by atoms with Crippen LogP contribution in [0.25, 0.3) is 0 Å². The number of halogens is 8. The molecule has 6 saturated carbocycles. The molecule has 0 amide bonds. The van der Waals surface area contributed by atoms with E-state index in [0.717, 1.165) is 60.6 Å². The Labute approximate surface area is 559 Å². The highest BCUT2D eigenvalue weighted by molar-refractivity contribution is 5.03. The summed E-state index contributed by atoms with van der Waals surface area (Å²) in [7, 11) is 3.58. The van der Waals surface area contributed by atoms with Crippen LogP contribution in [0.5, 0.6) is 0 Å². The second kappa shape index (κ2) is 36.9. The van der Waals surface area contributed by atoms with Crippen molar-refractivity contribution in [2.45, 2.75) is 371 Å². The van der Waals surface area contributed by atoms with Crippen molar-refractivity contribution in [1.82, 2.24) is 0 Å². The van der Waals surface area contributed by atoms with Gasteiger partial charge in [0, 0.05) is 27.1 Å². The largest absolute Gasteiger partial charge is 0.403 e. The van der Waals surface area contributed by atoms with Gasteiger partial charge in [0.2, 0.25) is 5.92 Å². The van der Waals surface area contributed by atoms with Gasteiger partial charge in [-0.05, 0) is 237 Å². The van der Waals surface area contributed by atoms with Crippen LogP contribution >= 0.6 is 0 Å². The zero-order valence-electron chi connectivity index (χ0n) is 64.9. The number of alkyl halides is 8. The molecule has 11 heteroatoms. The molecule has 0 atom stereocenters. The summed E-state index contributed by atoms with van der Waals surface area (Å²) in [5.41, 5.74) is -0.758. The molecule has 0 heterocycles. The predicted molar refractivity (Wildman–Crippen MR) is 374 cm³/mol. The van der Waals surface area contributed by atoms with Crippen molar-refractivity contribution < 1.29 is 49.3 Å². The monoisotopic (exact) mass is 1310 g/mol. The molecule has 0 saturated heterocycles. The third-order valence-corrected chi connectivity index (χ3v) is 27.9. The Hall–Kier alpha value is -0.680. The van der Waals surface area contributed by atoms with Crippen LogP contribution in [0.3, 0.4) is 0 Å². The Morgan fingerprint density at radius 2 is 0.549 bits per heavy atom. The van der Waals surface area contributed by atoms with Gasteiger partial charge in [-0.15, -0.1) is 0 Å². The highest BCUT2D eigenvalue weighted by Gasteiger charge is 2.72. The van der Waals surface area contributed by atoms with Crippen molar-refractivity contribution in [2.24, 2.45) is 114 Å². The van der Waals surface area contributed by atoms with Crippen molar-refractivity contribution >= 4 is 0 Å². The summed E-state index contributed by atoms with van der Waals surface area (Å²) in [5.74, 6) is 5.38. The van der Waals surface area contributed by atoms with Crippen molar-refractivity contribution in [1.29, 1.82) is 0 Å². The van der Waals surface area contributed by atoms with E-state index in [4.69, 9.17) is 14.2 Å². The first-order valence-corrected chi connectivity index (χ1v) is 37.7. The molecule has 0 N–H and O–H groups in total. The van der Waals surface area contributed by atoms with E-state index in [1.807, 2.05) is 34.8 Å². The van der Waals surface area contributed by atoms with Crippen LogP contribution in [-0.4, -0.2) is 57.9 Å². The molecule has 6 fully saturated rings. The van der Waals surface area contributed by atoms with Crippen LogP contribution in [0.4, 0.5) is 35.1 Å². The van der Waals surface area contributed by atoms with Crippen LogP contribution in [-0.2, 0) is 14.2 Å². The Morgan fingerprint density at radius 1 is 0.308 bits per heavy atom. The van der Waals surface area contributed by atoms with Gasteiger partial charge >= 0.3 is 12.4 Å². The maximum absolute atomic E-state index is 13.1. The molecule has 0 aromatic rings. The van der Waals surface area contributed by atoms with E-state index in [2.05, 4.69) is 152 Å². The minimum atomic E-state index is -5.23. The number of hydrogen-bond donors (Lipinski definition) is 0. The number of ether oxygens (including phenoxy) is 3. The fraction of sp³-hybridized carbons (Fsp3) is 1.00. The molecule has 3 nitrogen and oxygen atoms in total. The van der Waals surface area contributed by atoms with Crippen LogP contribution in [0.1, 0.15) is 341 Å². The van der Waals surface area contributed by atoms with Gasteiger partial charge in [0.15, 0.2) is 5.41 Å². The zero-order chi connectivity index (χ0) is 70.8. The topological polar surface area (TPSA) is 27.7 Å². The molecule has 546 valence electrons. The van der Waals surface area contributed by atoms with Crippen molar-refractivity contribution in [2.75, 3.05) is 27.4 Å². The highest BCUT2D eigenvalue weighted by Crippen LogP contribution is 2.64. The smallest absolute Gasteiger partial charge is 0.382 e. The zero-order valence-corrected chi connectivity index (χ0v) is 64.9. The lowest BCUT2D eigenvalue weighted by Gasteiger charge is -2.51. The Balaban J connectivity index is 0.000000550. The summed E-state index contributed by atoms with van der Waals surface area (Å²) in [4.78, 5) is 0.